The molecule has 0 saturated carbocycles. The van der Waals surface area contributed by atoms with Crippen LogP contribution in [0.4, 0.5) is 0 Å². The third-order valence-electron chi connectivity index (χ3n) is 2.89. The van der Waals surface area contributed by atoms with Gasteiger partial charge in [-0.15, -0.1) is 0 Å². The first-order valence-corrected chi connectivity index (χ1v) is 7.52. The number of methoxy groups -OCH3 is 1. The smallest absolute Gasteiger partial charge is 0.239 e. The summed E-state index contributed by atoms with van der Waals surface area (Å²) < 4.78 is 5.03. The van der Waals surface area contributed by atoms with Gasteiger partial charge in [0, 0.05) is 46.9 Å². The van der Waals surface area contributed by atoms with Crippen LogP contribution < -0.4 is 16.0 Å². The molecule has 0 heterocycles. The second-order valence-electron chi connectivity index (χ2n) is 4.85. The number of likely N-dealkylation sites (N-methyl/N-ethyl adjacent to an activating group) is 1. The van der Waals surface area contributed by atoms with Crippen LogP contribution >= 0.6 is 0 Å². The minimum Gasteiger partial charge on any atom is -0.385 e. The zero-order valence-electron chi connectivity index (χ0n) is 13.9. The first-order chi connectivity index (χ1) is 10.1. The molecule has 7 nitrogen and oxygen atoms in total. The van der Waals surface area contributed by atoms with E-state index in [9.17, 15) is 4.79 Å². The van der Waals surface area contributed by atoms with Crippen molar-refractivity contribution in [1.29, 1.82) is 0 Å². The summed E-state index contributed by atoms with van der Waals surface area (Å²) in [6.45, 7) is 6.44. The molecule has 0 aromatic carbocycles. The Morgan fingerprint density at radius 1 is 1.19 bits per heavy atom. The van der Waals surface area contributed by atoms with E-state index in [0.717, 1.165) is 39.1 Å². The second kappa shape index (κ2) is 13.6. The highest BCUT2D eigenvalue weighted by molar-refractivity contribution is 5.86. The molecule has 0 saturated heterocycles. The average Bonchev–Trinajstić information content (AvgIpc) is 2.48. The van der Waals surface area contributed by atoms with Crippen molar-refractivity contribution >= 4 is 11.9 Å². The summed E-state index contributed by atoms with van der Waals surface area (Å²) >= 11 is 0. The van der Waals surface area contributed by atoms with E-state index in [1.165, 1.54) is 0 Å². The molecule has 0 aliphatic heterocycles. The first kappa shape index (κ1) is 19.7. The van der Waals surface area contributed by atoms with Gasteiger partial charge < -0.3 is 25.6 Å². The van der Waals surface area contributed by atoms with E-state index in [-0.39, 0.29) is 12.5 Å². The van der Waals surface area contributed by atoms with E-state index in [1.807, 2.05) is 6.92 Å². The lowest BCUT2D eigenvalue weighted by atomic mass is 10.4. The lowest BCUT2D eigenvalue weighted by molar-refractivity contribution is -0.120. The average molecular weight is 301 g/mol. The zero-order chi connectivity index (χ0) is 15.9. The van der Waals surface area contributed by atoms with Gasteiger partial charge in [0.05, 0.1) is 6.54 Å². The predicted octanol–water partition coefficient (Wildman–Crippen LogP) is -0.354. The van der Waals surface area contributed by atoms with E-state index < -0.39 is 0 Å². The van der Waals surface area contributed by atoms with Gasteiger partial charge >= 0.3 is 0 Å². The van der Waals surface area contributed by atoms with Crippen molar-refractivity contribution in [1.82, 2.24) is 20.9 Å². The van der Waals surface area contributed by atoms with Gasteiger partial charge in [-0.3, -0.25) is 9.79 Å². The highest BCUT2D eigenvalue weighted by Crippen LogP contribution is 1.86. The Kier molecular flexibility index (Phi) is 12.8. The molecule has 0 spiro atoms. The van der Waals surface area contributed by atoms with Gasteiger partial charge in [-0.1, -0.05) is 6.92 Å². The van der Waals surface area contributed by atoms with Crippen LogP contribution in [0.3, 0.4) is 0 Å². The number of hydrogen-bond donors (Lipinski definition) is 3. The van der Waals surface area contributed by atoms with E-state index in [4.69, 9.17) is 4.74 Å². The maximum Gasteiger partial charge on any atom is 0.239 e. The molecule has 0 radical (unpaired) electrons. The van der Waals surface area contributed by atoms with Crippen LogP contribution in [-0.2, 0) is 9.53 Å². The fraction of sp³-hybridized carbons (Fsp3) is 0.857. The summed E-state index contributed by atoms with van der Waals surface area (Å²) in [5.41, 5.74) is 0. The molecule has 124 valence electrons. The van der Waals surface area contributed by atoms with Crippen LogP contribution in [0.1, 0.15) is 19.8 Å². The predicted molar refractivity (Wildman–Crippen MR) is 86.7 cm³/mol. The highest BCUT2D eigenvalue weighted by Gasteiger charge is 2.03. The van der Waals surface area contributed by atoms with Gasteiger partial charge in [-0.05, 0) is 19.9 Å². The fourth-order valence-corrected chi connectivity index (χ4v) is 1.67. The maximum absolute atomic E-state index is 11.5. The van der Waals surface area contributed by atoms with Crippen LogP contribution in [0.15, 0.2) is 4.99 Å². The van der Waals surface area contributed by atoms with Crippen molar-refractivity contribution in [3.05, 3.63) is 0 Å². The lowest BCUT2D eigenvalue weighted by Gasteiger charge is -2.18. The number of carbonyl (C=O) groups is 1. The molecular formula is C14H31N5O2. The van der Waals surface area contributed by atoms with Gasteiger partial charge in [0.1, 0.15) is 0 Å². The minimum atomic E-state index is -0.0171. The number of nitrogens with one attached hydrogen (secondary N) is 3. The molecule has 0 bridgehead atoms. The third kappa shape index (κ3) is 12.1. The van der Waals surface area contributed by atoms with Crippen molar-refractivity contribution in [3.8, 4) is 0 Å². The van der Waals surface area contributed by atoms with Crippen molar-refractivity contribution < 1.29 is 9.53 Å². The van der Waals surface area contributed by atoms with Crippen LogP contribution in [0.5, 0.6) is 0 Å². The largest absolute Gasteiger partial charge is 0.385 e. The SMILES string of the molecule is CCCNC(=O)CNC(=NC)NCCN(C)CCCOC. The molecule has 0 unspecified atom stereocenters. The van der Waals surface area contributed by atoms with Gasteiger partial charge in [0.25, 0.3) is 0 Å². The Morgan fingerprint density at radius 3 is 2.57 bits per heavy atom. The van der Waals surface area contributed by atoms with E-state index in [1.54, 1.807) is 14.2 Å². The van der Waals surface area contributed by atoms with Gasteiger partial charge in [-0.2, -0.15) is 0 Å². The van der Waals surface area contributed by atoms with E-state index in [2.05, 4.69) is 32.9 Å². The quantitative estimate of drug-likeness (QED) is 0.276. The molecule has 3 N–H and O–H groups in total. The van der Waals surface area contributed by atoms with Crippen molar-refractivity contribution in [2.75, 3.05) is 60.5 Å². The summed E-state index contributed by atoms with van der Waals surface area (Å²) in [6.07, 6.45) is 1.96. The number of guanidine groups is 1. The molecule has 0 aliphatic rings. The Balaban J connectivity index is 3.73. The number of carbonyl (C=O) groups excluding carboxylic acids is 1. The number of hydrogen-bond acceptors (Lipinski definition) is 4. The summed E-state index contributed by atoms with van der Waals surface area (Å²) in [6, 6.07) is 0. The zero-order valence-corrected chi connectivity index (χ0v) is 13.9. The molecule has 1 amide bonds. The van der Waals surface area contributed by atoms with Gasteiger partial charge in [0.2, 0.25) is 5.91 Å². The van der Waals surface area contributed by atoms with Gasteiger partial charge in [0.15, 0.2) is 5.96 Å². The van der Waals surface area contributed by atoms with E-state index in [0.29, 0.717) is 12.5 Å². The van der Waals surface area contributed by atoms with E-state index >= 15 is 0 Å². The molecule has 0 fully saturated rings. The molecule has 7 heteroatoms. The van der Waals surface area contributed by atoms with Crippen molar-refractivity contribution in [3.63, 3.8) is 0 Å². The lowest BCUT2D eigenvalue weighted by Crippen LogP contribution is -2.45. The monoisotopic (exact) mass is 301 g/mol. The minimum absolute atomic E-state index is 0.0171. The topological polar surface area (TPSA) is 78.0 Å². The van der Waals surface area contributed by atoms with Crippen molar-refractivity contribution in [2.24, 2.45) is 4.99 Å². The number of rotatable bonds is 11. The fourth-order valence-electron chi connectivity index (χ4n) is 1.67. The number of ether oxygens (including phenoxy) is 1. The summed E-state index contributed by atoms with van der Waals surface area (Å²) in [5, 5.41) is 8.99. The molecule has 0 aliphatic carbocycles. The third-order valence-corrected chi connectivity index (χ3v) is 2.89. The van der Waals surface area contributed by atoms with Crippen LogP contribution in [0.25, 0.3) is 0 Å². The molecule has 0 aromatic rings. The number of amides is 1. The Morgan fingerprint density at radius 2 is 1.95 bits per heavy atom. The summed E-state index contributed by atoms with van der Waals surface area (Å²) in [4.78, 5) is 17.8. The Bertz CT molecular complexity index is 297. The Hall–Kier alpha value is -1.34. The number of nitrogens with zero attached hydrogens (tertiary/aromatic N) is 2. The molecular weight excluding hydrogens is 270 g/mol. The normalized spacial score (nSPS) is 11.6. The highest BCUT2D eigenvalue weighted by atomic mass is 16.5. The van der Waals surface area contributed by atoms with Crippen molar-refractivity contribution in [2.45, 2.75) is 19.8 Å². The van der Waals surface area contributed by atoms with Gasteiger partial charge in [-0.25, -0.2) is 0 Å². The standard InChI is InChI=1S/C14H31N5O2/c1-5-7-16-13(20)12-18-14(15-2)17-8-10-19(3)9-6-11-21-4/h5-12H2,1-4H3,(H,16,20)(H2,15,17,18). The Labute approximate surface area is 128 Å². The summed E-state index contributed by atoms with van der Waals surface area (Å²) in [5.74, 6) is 0.628. The van der Waals surface area contributed by atoms with Crippen LogP contribution in [0.2, 0.25) is 0 Å². The molecule has 21 heavy (non-hydrogen) atoms. The first-order valence-electron chi connectivity index (χ1n) is 7.52. The molecule has 0 aromatic heterocycles. The number of aliphatic imine (C=N–C) groups is 1. The summed E-state index contributed by atoms with van der Waals surface area (Å²) in [7, 11) is 5.49. The maximum atomic E-state index is 11.5. The van der Waals surface area contributed by atoms with Crippen LogP contribution in [0, 0.1) is 0 Å². The molecule has 0 rings (SSSR count). The van der Waals surface area contributed by atoms with Crippen LogP contribution in [-0.4, -0.2) is 77.3 Å². The second-order valence-corrected chi connectivity index (χ2v) is 4.85. The molecule has 0 atom stereocenters.